The van der Waals surface area contributed by atoms with E-state index in [-0.39, 0.29) is 0 Å². The van der Waals surface area contributed by atoms with Gasteiger partial charge < -0.3 is 0 Å². The molecule has 0 amide bonds. The van der Waals surface area contributed by atoms with Gasteiger partial charge in [-0.3, -0.25) is 0 Å². The van der Waals surface area contributed by atoms with E-state index in [1.165, 1.54) is 64.2 Å². The van der Waals surface area contributed by atoms with Gasteiger partial charge in [0, 0.05) is 0 Å². The van der Waals surface area contributed by atoms with Gasteiger partial charge >= 0.3 is 0 Å². The van der Waals surface area contributed by atoms with Crippen molar-refractivity contribution in [2.24, 2.45) is 5.92 Å². The lowest BCUT2D eigenvalue weighted by atomic mass is 9.79. The Bertz CT molecular complexity index is 114. The summed E-state index contributed by atoms with van der Waals surface area (Å²) in [5.74, 6) is 2.83. The van der Waals surface area contributed by atoms with Crippen molar-refractivity contribution in [1.29, 1.82) is 0 Å². The van der Waals surface area contributed by atoms with Crippen molar-refractivity contribution in [3.63, 3.8) is 0 Å². The van der Waals surface area contributed by atoms with E-state index in [2.05, 4.69) is 27.7 Å². The molecule has 0 aliphatic rings. The van der Waals surface area contributed by atoms with Crippen LogP contribution >= 0.6 is 0 Å². The highest BCUT2D eigenvalue weighted by Crippen LogP contribution is 2.33. The van der Waals surface area contributed by atoms with Crippen molar-refractivity contribution < 1.29 is 0 Å². The van der Waals surface area contributed by atoms with E-state index in [1.54, 1.807) is 0 Å². The summed E-state index contributed by atoms with van der Waals surface area (Å²) in [4.78, 5) is 0. The molecule has 0 saturated carbocycles. The fourth-order valence-electron chi connectivity index (χ4n) is 2.59. The quantitative estimate of drug-likeness (QED) is 0.395. The minimum atomic E-state index is 0.938. The fourth-order valence-corrected chi connectivity index (χ4v) is 2.59. The maximum atomic E-state index is 2.33. The van der Waals surface area contributed by atoms with E-state index >= 15 is 0 Å². The molecule has 0 aromatic rings. The molecule has 0 rings (SSSR count). The van der Waals surface area contributed by atoms with Gasteiger partial charge in [0.25, 0.3) is 0 Å². The molecule has 0 nitrogen and oxygen atoms in total. The van der Waals surface area contributed by atoms with Crippen LogP contribution in [0.1, 0.15) is 91.9 Å². The van der Waals surface area contributed by atoms with Crippen LogP contribution in [0.3, 0.4) is 0 Å². The van der Waals surface area contributed by atoms with Crippen LogP contribution < -0.4 is 0 Å². The molecule has 0 aliphatic carbocycles. The predicted octanol–water partition coefficient (Wildman–Crippen LogP) is 6.16. The summed E-state index contributed by atoms with van der Waals surface area (Å²) in [5, 5.41) is 0. The Morgan fingerprint density at radius 3 is 1.44 bits per heavy atom. The van der Waals surface area contributed by atoms with Crippen molar-refractivity contribution in [3.05, 3.63) is 5.92 Å². The molecular weight excluding hydrogens is 192 g/mol. The summed E-state index contributed by atoms with van der Waals surface area (Å²) in [7, 11) is 0. The second-order valence-corrected chi connectivity index (χ2v) is 5.14. The Kier molecular flexibility index (Phi) is 11.5. The normalized spacial score (nSPS) is 11.6. The molecule has 0 fully saturated rings. The third-order valence-electron chi connectivity index (χ3n) is 3.55. The van der Waals surface area contributed by atoms with Crippen molar-refractivity contribution >= 4 is 0 Å². The molecule has 0 spiro atoms. The molecule has 0 atom stereocenters. The lowest BCUT2D eigenvalue weighted by Gasteiger charge is -2.26. The topological polar surface area (TPSA) is 0 Å². The van der Waals surface area contributed by atoms with Crippen LogP contribution in [0.5, 0.6) is 0 Å². The van der Waals surface area contributed by atoms with Gasteiger partial charge in [-0.05, 0) is 24.7 Å². The van der Waals surface area contributed by atoms with E-state index < -0.39 is 0 Å². The Balaban J connectivity index is 4.15. The highest BCUT2D eigenvalue weighted by molar-refractivity contribution is 4.95. The van der Waals surface area contributed by atoms with Crippen LogP contribution in [0.25, 0.3) is 0 Å². The molecule has 0 heteroatoms. The highest BCUT2D eigenvalue weighted by Gasteiger charge is 2.19. The predicted molar refractivity (Wildman–Crippen MR) is 75.6 cm³/mol. The Hall–Kier alpha value is 0. The molecule has 0 N–H and O–H groups in total. The zero-order valence-corrected chi connectivity index (χ0v) is 12.1. The average molecular weight is 225 g/mol. The summed E-state index contributed by atoms with van der Waals surface area (Å²) in [6.45, 7) is 9.29. The molecule has 0 aromatic carbocycles. The smallest absolute Gasteiger partial charge is 0.0210 e. The fraction of sp³-hybridized carbons (Fsp3) is 0.938. The maximum absolute atomic E-state index is 2.33. The van der Waals surface area contributed by atoms with Crippen LogP contribution in [-0.4, -0.2) is 0 Å². The second-order valence-electron chi connectivity index (χ2n) is 5.14. The third kappa shape index (κ3) is 7.30. The molecule has 0 saturated heterocycles. The molecule has 0 aliphatic heterocycles. The molecular formula is C16H33. The van der Waals surface area contributed by atoms with Crippen molar-refractivity contribution in [2.45, 2.75) is 91.9 Å². The van der Waals surface area contributed by atoms with E-state index in [1.807, 2.05) is 5.92 Å². The number of rotatable bonds is 11. The summed E-state index contributed by atoms with van der Waals surface area (Å²) in [5.41, 5.74) is 0. The van der Waals surface area contributed by atoms with Gasteiger partial charge in [0.15, 0.2) is 0 Å². The maximum Gasteiger partial charge on any atom is -0.0210 e. The van der Waals surface area contributed by atoms with Crippen molar-refractivity contribution in [3.8, 4) is 0 Å². The van der Waals surface area contributed by atoms with Gasteiger partial charge in [-0.2, -0.15) is 0 Å². The summed E-state index contributed by atoms with van der Waals surface area (Å²) >= 11 is 0. The summed E-state index contributed by atoms with van der Waals surface area (Å²) < 4.78 is 0. The average Bonchev–Trinajstić information content (AvgIpc) is 2.29. The first-order valence-corrected chi connectivity index (χ1v) is 7.64. The van der Waals surface area contributed by atoms with Gasteiger partial charge in [-0.1, -0.05) is 79.1 Å². The van der Waals surface area contributed by atoms with Gasteiger partial charge in [0.2, 0.25) is 0 Å². The Labute approximate surface area is 104 Å². The van der Waals surface area contributed by atoms with Crippen molar-refractivity contribution in [2.75, 3.05) is 0 Å². The second kappa shape index (κ2) is 11.5. The van der Waals surface area contributed by atoms with E-state index in [9.17, 15) is 0 Å². The number of hydrogen-bond acceptors (Lipinski definition) is 0. The van der Waals surface area contributed by atoms with Crippen molar-refractivity contribution in [1.82, 2.24) is 0 Å². The lowest BCUT2D eigenvalue weighted by molar-refractivity contribution is 0.401. The van der Waals surface area contributed by atoms with E-state index in [4.69, 9.17) is 0 Å². The monoisotopic (exact) mass is 225 g/mol. The van der Waals surface area contributed by atoms with E-state index in [0.717, 1.165) is 5.92 Å². The van der Waals surface area contributed by atoms with Gasteiger partial charge in [0.1, 0.15) is 0 Å². The van der Waals surface area contributed by atoms with Gasteiger partial charge in [0.05, 0.1) is 0 Å². The van der Waals surface area contributed by atoms with Crippen LogP contribution in [0.2, 0.25) is 0 Å². The molecule has 16 heavy (non-hydrogen) atoms. The molecule has 1 radical (unpaired) electrons. The molecule has 0 unspecified atom stereocenters. The van der Waals surface area contributed by atoms with Crippen LogP contribution in [0.15, 0.2) is 0 Å². The van der Waals surface area contributed by atoms with Crippen LogP contribution in [0, 0.1) is 11.8 Å². The highest BCUT2D eigenvalue weighted by atomic mass is 14.2. The SMILES string of the molecule is CCCC[C](CCCC)C(CCC)CCC. The largest absolute Gasteiger partial charge is 0.0654 e. The standard InChI is InChI=1S/C16H33/c1-5-9-13-16(14-10-6-2)15(11-7-3)12-8-4/h15H,5-14H2,1-4H3. The number of hydrogen-bond donors (Lipinski definition) is 0. The molecule has 0 aromatic heterocycles. The Morgan fingerprint density at radius 1 is 0.688 bits per heavy atom. The van der Waals surface area contributed by atoms with Crippen LogP contribution in [-0.2, 0) is 0 Å². The summed E-state index contributed by atoms with van der Waals surface area (Å²) in [6, 6.07) is 0. The summed E-state index contributed by atoms with van der Waals surface area (Å²) in [6.07, 6.45) is 13.9. The third-order valence-corrected chi connectivity index (χ3v) is 3.55. The van der Waals surface area contributed by atoms with E-state index in [0.29, 0.717) is 0 Å². The van der Waals surface area contributed by atoms with Gasteiger partial charge in [-0.25, -0.2) is 0 Å². The lowest BCUT2D eigenvalue weighted by Crippen LogP contribution is -2.13. The zero-order chi connectivity index (χ0) is 12.2. The Morgan fingerprint density at radius 2 is 1.12 bits per heavy atom. The number of unbranched alkanes of at least 4 members (excludes halogenated alkanes) is 2. The first-order valence-electron chi connectivity index (χ1n) is 7.64. The first-order chi connectivity index (χ1) is 7.79. The minimum Gasteiger partial charge on any atom is -0.0654 e. The molecule has 97 valence electrons. The molecule has 0 heterocycles. The molecule has 0 bridgehead atoms. The van der Waals surface area contributed by atoms with Gasteiger partial charge in [-0.15, -0.1) is 0 Å². The van der Waals surface area contributed by atoms with Crippen LogP contribution in [0.4, 0.5) is 0 Å². The first kappa shape index (κ1) is 16.0. The zero-order valence-electron chi connectivity index (χ0n) is 12.1. The minimum absolute atomic E-state index is 0.938.